The van der Waals surface area contributed by atoms with Gasteiger partial charge in [0.25, 0.3) is 11.8 Å². The van der Waals surface area contributed by atoms with Crippen LogP contribution in [0.3, 0.4) is 0 Å². The Morgan fingerprint density at radius 1 is 1.23 bits per heavy atom. The highest BCUT2D eigenvalue weighted by Gasteiger charge is 2.44. The summed E-state index contributed by atoms with van der Waals surface area (Å²) in [5, 5.41) is 0. The van der Waals surface area contributed by atoms with Crippen molar-refractivity contribution >= 4 is 17.8 Å². The van der Waals surface area contributed by atoms with E-state index in [0.717, 1.165) is 4.90 Å². The van der Waals surface area contributed by atoms with Crippen molar-refractivity contribution in [1.29, 1.82) is 0 Å². The van der Waals surface area contributed by atoms with Gasteiger partial charge in [-0.1, -0.05) is 38.6 Å². The molecular formula is C22H24N2O6. The smallest absolute Gasteiger partial charge is 0.360 e. The average Bonchev–Trinajstić information content (AvgIpc) is 3.26. The third kappa shape index (κ3) is 3.91. The minimum Gasteiger partial charge on any atom is -0.457 e. The maximum absolute atomic E-state index is 13.0. The van der Waals surface area contributed by atoms with Gasteiger partial charge in [-0.05, 0) is 18.1 Å². The minimum absolute atomic E-state index is 0.00570. The van der Waals surface area contributed by atoms with E-state index in [0.29, 0.717) is 17.7 Å². The molecule has 0 saturated carbocycles. The Hall–Kier alpha value is -3.26. The fourth-order valence-electron chi connectivity index (χ4n) is 3.38. The number of rotatable bonds is 9. The van der Waals surface area contributed by atoms with E-state index in [1.165, 1.54) is 13.2 Å². The second-order valence-corrected chi connectivity index (χ2v) is 7.17. The zero-order valence-electron chi connectivity index (χ0n) is 17.2. The molecule has 1 atom stereocenters. The minimum atomic E-state index is -0.778. The molecule has 2 amide bonds. The van der Waals surface area contributed by atoms with Crippen molar-refractivity contribution in [2.24, 2.45) is 5.92 Å². The number of oxazole rings is 1. The largest absolute Gasteiger partial charge is 0.457 e. The van der Waals surface area contributed by atoms with Gasteiger partial charge in [-0.15, -0.1) is 0 Å². The highest BCUT2D eigenvalue weighted by molar-refractivity contribution is 6.21. The highest BCUT2D eigenvalue weighted by Crippen LogP contribution is 2.36. The van der Waals surface area contributed by atoms with E-state index >= 15 is 0 Å². The van der Waals surface area contributed by atoms with Crippen molar-refractivity contribution in [2.75, 3.05) is 20.3 Å². The first-order valence-corrected chi connectivity index (χ1v) is 9.64. The lowest BCUT2D eigenvalue weighted by molar-refractivity contribution is 0.0502. The molecule has 0 saturated heterocycles. The Bertz CT molecular complexity index is 943. The van der Waals surface area contributed by atoms with Crippen molar-refractivity contribution in [3.8, 4) is 0 Å². The van der Waals surface area contributed by atoms with Crippen molar-refractivity contribution in [1.82, 2.24) is 9.88 Å². The molecule has 0 aliphatic carbocycles. The van der Waals surface area contributed by atoms with Crippen LogP contribution in [0.15, 0.2) is 41.3 Å². The first-order chi connectivity index (χ1) is 14.4. The second-order valence-electron chi connectivity index (χ2n) is 7.17. The molecule has 2 aromatic rings. The van der Waals surface area contributed by atoms with Gasteiger partial charge < -0.3 is 13.9 Å². The lowest BCUT2D eigenvalue weighted by Gasteiger charge is -2.26. The summed E-state index contributed by atoms with van der Waals surface area (Å²) in [7, 11) is 1.53. The summed E-state index contributed by atoms with van der Waals surface area (Å²) in [6, 6.07) is 5.87. The maximum atomic E-state index is 13.0. The van der Waals surface area contributed by atoms with Gasteiger partial charge in [0.2, 0.25) is 5.89 Å². The van der Waals surface area contributed by atoms with E-state index < -0.39 is 23.8 Å². The molecule has 8 nitrogen and oxygen atoms in total. The average molecular weight is 412 g/mol. The number of nitrogens with zero attached hydrogens (tertiary/aromatic N) is 2. The van der Waals surface area contributed by atoms with Crippen LogP contribution in [-0.2, 0) is 15.9 Å². The fraction of sp³-hybridized carbons (Fsp3) is 0.364. The number of fused-ring (bicyclic) bond motifs is 1. The Kier molecular flexibility index (Phi) is 6.47. The monoisotopic (exact) mass is 412 g/mol. The van der Waals surface area contributed by atoms with E-state index in [9.17, 15) is 14.4 Å². The molecule has 1 aromatic heterocycles. The molecule has 8 heteroatoms. The number of hydrogen-bond acceptors (Lipinski definition) is 7. The van der Waals surface area contributed by atoms with Gasteiger partial charge in [-0.2, -0.15) is 0 Å². The Morgan fingerprint density at radius 2 is 1.87 bits per heavy atom. The number of carbonyl (C=O) groups is 3. The first-order valence-electron chi connectivity index (χ1n) is 9.64. The van der Waals surface area contributed by atoms with Crippen LogP contribution in [0.4, 0.5) is 0 Å². The van der Waals surface area contributed by atoms with Crippen LogP contribution in [0.1, 0.15) is 62.7 Å². The molecule has 0 N–H and O–H groups in total. The van der Waals surface area contributed by atoms with Gasteiger partial charge in [0, 0.05) is 13.5 Å². The zero-order chi connectivity index (χ0) is 21.8. The van der Waals surface area contributed by atoms with Gasteiger partial charge in [0.05, 0.1) is 17.7 Å². The van der Waals surface area contributed by atoms with Gasteiger partial charge in [-0.25, -0.2) is 9.78 Å². The van der Waals surface area contributed by atoms with Gasteiger partial charge in [-0.3, -0.25) is 14.5 Å². The normalized spacial score (nSPS) is 14.2. The summed E-state index contributed by atoms with van der Waals surface area (Å²) in [6.45, 7) is 7.55. The predicted octanol–water partition coefficient (Wildman–Crippen LogP) is 3.20. The van der Waals surface area contributed by atoms with Crippen LogP contribution < -0.4 is 0 Å². The van der Waals surface area contributed by atoms with Crippen LogP contribution in [0.2, 0.25) is 0 Å². The molecule has 2 heterocycles. The lowest BCUT2D eigenvalue weighted by Crippen LogP contribution is -2.37. The van der Waals surface area contributed by atoms with E-state index in [4.69, 9.17) is 13.9 Å². The van der Waals surface area contributed by atoms with Crippen molar-refractivity contribution in [3.05, 3.63) is 65.4 Å². The van der Waals surface area contributed by atoms with Crippen LogP contribution >= 0.6 is 0 Å². The van der Waals surface area contributed by atoms with Gasteiger partial charge >= 0.3 is 5.97 Å². The number of methoxy groups -OCH3 is 1. The fourth-order valence-corrected chi connectivity index (χ4v) is 3.38. The first kappa shape index (κ1) is 21.4. The number of esters is 1. The molecule has 30 heavy (non-hydrogen) atoms. The molecule has 0 unspecified atom stereocenters. The van der Waals surface area contributed by atoms with Crippen LogP contribution in [0, 0.1) is 5.92 Å². The summed E-state index contributed by atoms with van der Waals surface area (Å²) in [5.41, 5.74) is 0.681. The number of imide groups is 1. The van der Waals surface area contributed by atoms with Gasteiger partial charge in [0.15, 0.2) is 5.69 Å². The maximum Gasteiger partial charge on any atom is 0.360 e. The Labute approximate surface area is 174 Å². The molecule has 1 aliphatic heterocycles. The molecule has 3 rings (SSSR count). The lowest BCUT2D eigenvalue weighted by atomic mass is 10.0. The van der Waals surface area contributed by atoms with Crippen molar-refractivity contribution < 1.29 is 28.3 Å². The van der Waals surface area contributed by atoms with E-state index in [1.807, 2.05) is 13.8 Å². The summed E-state index contributed by atoms with van der Waals surface area (Å²) < 4.78 is 16.1. The number of benzene rings is 1. The molecule has 0 radical (unpaired) electrons. The Balaban J connectivity index is 2.01. The van der Waals surface area contributed by atoms with Gasteiger partial charge in [0.1, 0.15) is 18.4 Å². The standard InChI is InChI=1S/C22H24N2O6/c1-5-11-29-22(27)17-16(10-12-28-4)30-19(23-17)18(13(2)3)24-20(25)14-8-6-7-9-15(14)21(24)26/h5-9,13,18H,1,10-12H2,2-4H3/t18-/m0/s1. The molecule has 158 valence electrons. The third-order valence-corrected chi connectivity index (χ3v) is 4.76. The van der Waals surface area contributed by atoms with E-state index in [2.05, 4.69) is 11.6 Å². The highest BCUT2D eigenvalue weighted by atomic mass is 16.5. The summed E-state index contributed by atoms with van der Waals surface area (Å²) in [5.74, 6) is -1.32. The van der Waals surface area contributed by atoms with Crippen molar-refractivity contribution in [2.45, 2.75) is 26.3 Å². The third-order valence-electron chi connectivity index (χ3n) is 4.76. The number of amides is 2. The predicted molar refractivity (Wildman–Crippen MR) is 107 cm³/mol. The second kappa shape index (κ2) is 9.04. The van der Waals surface area contributed by atoms with Crippen molar-refractivity contribution in [3.63, 3.8) is 0 Å². The Morgan fingerprint density at radius 3 is 2.40 bits per heavy atom. The van der Waals surface area contributed by atoms with Crippen LogP contribution in [0.5, 0.6) is 0 Å². The molecule has 1 aromatic carbocycles. The SMILES string of the molecule is C=CCOC(=O)c1nc([C@H](C(C)C)N2C(=O)c3ccccc3C2=O)oc1CCOC. The molecule has 0 bridgehead atoms. The van der Waals surface area contributed by atoms with Crippen LogP contribution in [0.25, 0.3) is 0 Å². The quantitative estimate of drug-likeness (QED) is 0.354. The number of aromatic nitrogens is 1. The zero-order valence-corrected chi connectivity index (χ0v) is 17.2. The molecule has 0 fully saturated rings. The molecule has 1 aliphatic rings. The van der Waals surface area contributed by atoms with E-state index in [1.54, 1.807) is 24.3 Å². The number of carbonyl (C=O) groups excluding carboxylic acids is 3. The topological polar surface area (TPSA) is 98.9 Å². The van der Waals surface area contributed by atoms with E-state index in [-0.39, 0.29) is 36.3 Å². The summed E-state index contributed by atoms with van der Waals surface area (Å²) >= 11 is 0. The summed E-state index contributed by atoms with van der Waals surface area (Å²) in [6.07, 6.45) is 1.73. The summed E-state index contributed by atoms with van der Waals surface area (Å²) in [4.78, 5) is 43.9. The molecular weight excluding hydrogens is 388 g/mol. The number of hydrogen-bond donors (Lipinski definition) is 0. The van der Waals surface area contributed by atoms with Crippen LogP contribution in [-0.4, -0.2) is 48.0 Å². The number of ether oxygens (including phenoxy) is 2. The molecule has 0 spiro atoms.